The van der Waals surface area contributed by atoms with Crippen molar-refractivity contribution in [1.82, 2.24) is 0 Å². The van der Waals surface area contributed by atoms with Gasteiger partial charge in [-0.05, 0) is 43.0 Å². The van der Waals surface area contributed by atoms with E-state index in [1.807, 2.05) is 47.6 Å². The summed E-state index contributed by atoms with van der Waals surface area (Å²) in [5.41, 5.74) is 2.15. The van der Waals surface area contributed by atoms with Crippen LogP contribution in [0, 0.1) is 5.92 Å². The van der Waals surface area contributed by atoms with Gasteiger partial charge in [0.05, 0.1) is 11.4 Å². The van der Waals surface area contributed by atoms with Crippen LogP contribution >= 0.6 is 15.9 Å². The van der Waals surface area contributed by atoms with E-state index in [1.54, 1.807) is 0 Å². The molecule has 0 saturated carbocycles. The monoisotopic (exact) mass is 358 g/mol. The van der Waals surface area contributed by atoms with E-state index < -0.39 is 0 Å². The molecule has 0 fully saturated rings. The van der Waals surface area contributed by atoms with Crippen molar-refractivity contribution in [3.05, 3.63) is 60.7 Å². The third kappa shape index (κ3) is 4.99. The Hall–Kier alpha value is -1.61. The van der Waals surface area contributed by atoms with Gasteiger partial charge in [0.25, 0.3) is 0 Å². The minimum Gasteiger partial charge on any atom is -0.234 e. The van der Waals surface area contributed by atoms with Gasteiger partial charge >= 0.3 is 0 Å². The predicted octanol–water partition coefficient (Wildman–Crippen LogP) is 6.01. The number of halogens is 1. The molecule has 0 bridgehead atoms. The van der Waals surface area contributed by atoms with E-state index in [0.717, 1.165) is 24.2 Å². The van der Waals surface area contributed by atoms with Gasteiger partial charge in [0.1, 0.15) is 0 Å². The van der Waals surface area contributed by atoms with E-state index in [9.17, 15) is 0 Å². The molecule has 0 N–H and O–H groups in total. The molecule has 3 heteroatoms. The molecule has 0 heterocycles. The summed E-state index contributed by atoms with van der Waals surface area (Å²) >= 11 is 3.72. The Labute approximate surface area is 142 Å². The highest BCUT2D eigenvalue weighted by Gasteiger charge is 2.08. The van der Waals surface area contributed by atoms with Crippen LogP contribution in [0.4, 0.5) is 11.4 Å². The van der Waals surface area contributed by atoms with Crippen LogP contribution in [0.15, 0.2) is 65.8 Å². The lowest BCUT2D eigenvalue weighted by Gasteiger charge is -2.19. The standard InChI is InChI=1S/C19H23BrN2/c1-16(2)19(20)14-9-15-21-22(17-10-5-3-6-11-17)18-12-7-4-8-13-18/h3-8,10-13,15-16,19H,9,14H2,1-2H3/b21-15+. The van der Waals surface area contributed by atoms with Gasteiger partial charge in [-0.3, -0.25) is 0 Å². The second-order valence-electron chi connectivity index (χ2n) is 5.62. The number of anilines is 2. The molecule has 0 aromatic heterocycles. The average Bonchev–Trinajstić information content (AvgIpc) is 2.56. The average molecular weight is 359 g/mol. The third-order valence-corrected chi connectivity index (χ3v) is 5.01. The molecule has 1 unspecified atom stereocenters. The lowest BCUT2D eigenvalue weighted by molar-refractivity contribution is 0.592. The first-order chi connectivity index (χ1) is 10.7. The van der Waals surface area contributed by atoms with Gasteiger partial charge in [0, 0.05) is 11.0 Å². The second-order valence-corrected chi connectivity index (χ2v) is 6.79. The largest absolute Gasteiger partial charge is 0.234 e. The highest BCUT2D eigenvalue weighted by Crippen LogP contribution is 2.25. The number of hydrogen-bond acceptors (Lipinski definition) is 2. The minimum absolute atomic E-state index is 0.542. The molecule has 116 valence electrons. The smallest absolute Gasteiger partial charge is 0.0652 e. The SMILES string of the molecule is CC(C)C(Br)CC/C=N/N(c1ccccc1)c1ccccc1. The highest BCUT2D eigenvalue weighted by atomic mass is 79.9. The summed E-state index contributed by atoms with van der Waals surface area (Å²) in [5.74, 6) is 0.646. The molecule has 22 heavy (non-hydrogen) atoms. The summed E-state index contributed by atoms with van der Waals surface area (Å²) in [6.07, 6.45) is 4.07. The van der Waals surface area contributed by atoms with E-state index in [2.05, 4.69) is 59.1 Å². The van der Waals surface area contributed by atoms with E-state index in [4.69, 9.17) is 0 Å². The van der Waals surface area contributed by atoms with Crippen molar-refractivity contribution in [2.24, 2.45) is 11.0 Å². The first-order valence-electron chi connectivity index (χ1n) is 7.75. The number of nitrogens with zero attached hydrogens (tertiary/aromatic N) is 2. The van der Waals surface area contributed by atoms with Gasteiger partial charge < -0.3 is 0 Å². The summed E-state index contributed by atoms with van der Waals surface area (Å²) in [5, 5.41) is 6.67. The van der Waals surface area contributed by atoms with Crippen LogP contribution < -0.4 is 5.01 Å². The number of para-hydroxylation sites is 2. The lowest BCUT2D eigenvalue weighted by Crippen LogP contribution is -2.10. The quantitative estimate of drug-likeness (QED) is 0.336. The topological polar surface area (TPSA) is 15.6 Å². The predicted molar refractivity (Wildman–Crippen MR) is 100 cm³/mol. The van der Waals surface area contributed by atoms with Crippen molar-refractivity contribution >= 4 is 33.5 Å². The van der Waals surface area contributed by atoms with Crippen molar-refractivity contribution in [2.75, 3.05) is 5.01 Å². The van der Waals surface area contributed by atoms with Gasteiger partial charge in [-0.15, -0.1) is 0 Å². The Morgan fingerprint density at radius 3 is 1.91 bits per heavy atom. The van der Waals surface area contributed by atoms with Crippen LogP contribution in [0.3, 0.4) is 0 Å². The Kier molecular flexibility index (Phi) is 6.66. The lowest BCUT2D eigenvalue weighted by atomic mass is 10.1. The molecule has 0 aliphatic heterocycles. The first-order valence-corrected chi connectivity index (χ1v) is 8.67. The Morgan fingerprint density at radius 1 is 0.955 bits per heavy atom. The van der Waals surface area contributed by atoms with Crippen LogP contribution in [0.2, 0.25) is 0 Å². The summed E-state index contributed by atoms with van der Waals surface area (Å²) in [7, 11) is 0. The van der Waals surface area contributed by atoms with Crippen LogP contribution in [0.1, 0.15) is 26.7 Å². The zero-order valence-electron chi connectivity index (χ0n) is 13.2. The Balaban J connectivity index is 2.09. The Bertz CT molecular complexity index is 527. The fourth-order valence-corrected chi connectivity index (χ4v) is 2.39. The molecule has 1 atom stereocenters. The molecule has 2 rings (SSSR count). The van der Waals surface area contributed by atoms with Gasteiger partial charge in [0.15, 0.2) is 0 Å². The first kappa shape index (κ1) is 16.8. The van der Waals surface area contributed by atoms with Gasteiger partial charge in [-0.25, -0.2) is 5.01 Å². The fraction of sp³-hybridized carbons (Fsp3) is 0.316. The molecule has 0 aliphatic carbocycles. The summed E-state index contributed by atoms with van der Waals surface area (Å²) in [4.78, 5) is 0.542. The molecule has 2 nitrogen and oxygen atoms in total. The molecule has 0 amide bonds. The zero-order valence-corrected chi connectivity index (χ0v) is 14.8. The number of hydrogen-bond donors (Lipinski definition) is 0. The number of hydrazone groups is 1. The minimum atomic E-state index is 0.542. The van der Waals surface area contributed by atoms with Crippen molar-refractivity contribution in [2.45, 2.75) is 31.5 Å². The van der Waals surface area contributed by atoms with Crippen molar-refractivity contribution in [3.63, 3.8) is 0 Å². The normalized spacial score (nSPS) is 12.7. The van der Waals surface area contributed by atoms with Gasteiger partial charge in [-0.1, -0.05) is 66.2 Å². The highest BCUT2D eigenvalue weighted by molar-refractivity contribution is 9.09. The molecular weight excluding hydrogens is 336 g/mol. The van der Waals surface area contributed by atoms with Crippen LogP contribution in [-0.2, 0) is 0 Å². The van der Waals surface area contributed by atoms with Crippen molar-refractivity contribution in [1.29, 1.82) is 0 Å². The van der Waals surface area contributed by atoms with Crippen LogP contribution in [-0.4, -0.2) is 11.0 Å². The molecule has 2 aromatic rings. The van der Waals surface area contributed by atoms with E-state index in [1.165, 1.54) is 0 Å². The number of benzene rings is 2. The van der Waals surface area contributed by atoms with Crippen molar-refractivity contribution in [3.8, 4) is 0 Å². The van der Waals surface area contributed by atoms with Crippen LogP contribution in [0.5, 0.6) is 0 Å². The molecule has 0 aliphatic rings. The maximum atomic E-state index is 4.68. The molecular formula is C19H23BrN2. The summed E-state index contributed by atoms with van der Waals surface area (Å²) in [6, 6.07) is 20.5. The molecule has 0 saturated heterocycles. The second kappa shape index (κ2) is 8.74. The van der Waals surface area contributed by atoms with E-state index in [0.29, 0.717) is 10.7 Å². The number of alkyl halides is 1. The van der Waals surface area contributed by atoms with E-state index >= 15 is 0 Å². The summed E-state index contributed by atoms with van der Waals surface area (Å²) in [6.45, 7) is 4.47. The molecule has 0 spiro atoms. The van der Waals surface area contributed by atoms with Crippen LogP contribution in [0.25, 0.3) is 0 Å². The van der Waals surface area contributed by atoms with E-state index in [-0.39, 0.29) is 0 Å². The molecule has 2 aromatic carbocycles. The maximum Gasteiger partial charge on any atom is 0.0652 e. The van der Waals surface area contributed by atoms with Gasteiger partial charge in [0.2, 0.25) is 0 Å². The van der Waals surface area contributed by atoms with Crippen molar-refractivity contribution < 1.29 is 0 Å². The summed E-state index contributed by atoms with van der Waals surface area (Å²) < 4.78 is 0. The maximum absolute atomic E-state index is 4.68. The number of rotatable bonds is 7. The molecule has 0 radical (unpaired) electrons. The van der Waals surface area contributed by atoms with Gasteiger partial charge in [-0.2, -0.15) is 5.10 Å². The zero-order chi connectivity index (χ0) is 15.8. The Morgan fingerprint density at radius 2 is 1.45 bits per heavy atom. The third-order valence-electron chi connectivity index (χ3n) is 3.49. The fourth-order valence-electron chi connectivity index (χ4n) is 2.13.